The number of rotatable bonds is 3. The smallest absolute Gasteiger partial charge is 0.211 e. The maximum Gasteiger partial charge on any atom is 0.235 e. The van der Waals surface area contributed by atoms with Crippen LogP contribution in [0.2, 0.25) is 0 Å². The Bertz CT molecular complexity index is 331. The molecular formula is C10H10BrNO. The molecule has 0 radical (unpaired) electrons. The molecule has 0 aromatic heterocycles. The van der Waals surface area contributed by atoms with E-state index in [1.54, 1.807) is 6.08 Å². The molecule has 13 heavy (non-hydrogen) atoms. The van der Waals surface area contributed by atoms with Gasteiger partial charge in [-0.2, -0.15) is 0 Å². The van der Waals surface area contributed by atoms with Crippen LogP contribution in [-0.2, 0) is 11.2 Å². The Hall–Kier alpha value is -0.920. The fourth-order valence-electron chi connectivity index (χ4n) is 1.12. The molecule has 0 saturated carbocycles. The number of aliphatic imine (C=N–C) groups is 1. The van der Waals surface area contributed by atoms with Gasteiger partial charge < -0.3 is 0 Å². The molecule has 0 heterocycles. The third kappa shape index (κ3) is 3.13. The number of isocyanates is 1. The first-order valence-electron chi connectivity index (χ1n) is 4.04. The number of hydrogen-bond acceptors (Lipinski definition) is 2. The average Bonchev–Trinajstić information content (AvgIpc) is 2.09. The molecule has 2 nitrogen and oxygen atoms in total. The summed E-state index contributed by atoms with van der Waals surface area (Å²) in [4.78, 5) is 13.6. The van der Waals surface area contributed by atoms with Crippen LogP contribution in [-0.4, -0.2) is 12.1 Å². The largest absolute Gasteiger partial charge is 0.235 e. The monoisotopic (exact) mass is 239 g/mol. The van der Waals surface area contributed by atoms with Crippen molar-refractivity contribution in [1.29, 1.82) is 0 Å². The van der Waals surface area contributed by atoms with Crippen molar-refractivity contribution < 1.29 is 4.79 Å². The van der Waals surface area contributed by atoms with E-state index in [1.807, 2.05) is 31.2 Å². The summed E-state index contributed by atoms with van der Waals surface area (Å²) >= 11 is 3.44. The Kier molecular flexibility index (Phi) is 3.87. The summed E-state index contributed by atoms with van der Waals surface area (Å²) in [6.45, 7) is 1.89. The van der Waals surface area contributed by atoms with Crippen LogP contribution in [0.4, 0.5) is 0 Å². The normalized spacial score (nSPS) is 11.8. The van der Waals surface area contributed by atoms with Gasteiger partial charge in [0.05, 0.1) is 6.04 Å². The molecule has 0 spiro atoms. The van der Waals surface area contributed by atoms with Gasteiger partial charge in [-0.25, -0.2) is 9.79 Å². The minimum Gasteiger partial charge on any atom is -0.211 e. The van der Waals surface area contributed by atoms with Gasteiger partial charge in [-0.1, -0.05) is 34.1 Å². The first-order chi connectivity index (χ1) is 6.24. The van der Waals surface area contributed by atoms with E-state index >= 15 is 0 Å². The summed E-state index contributed by atoms with van der Waals surface area (Å²) in [7, 11) is 0. The van der Waals surface area contributed by atoms with Crippen molar-refractivity contribution in [3.63, 3.8) is 0 Å². The highest BCUT2D eigenvalue weighted by Crippen LogP contribution is 2.17. The van der Waals surface area contributed by atoms with E-state index in [2.05, 4.69) is 20.9 Å². The lowest BCUT2D eigenvalue weighted by molar-refractivity contribution is 0.558. The maximum atomic E-state index is 9.99. The van der Waals surface area contributed by atoms with E-state index in [9.17, 15) is 4.79 Å². The molecule has 1 rings (SSSR count). The zero-order chi connectivity index (χ0) is 9.68. The molecule has 0 saturated heterocycles. The number of nitrogens with zero attached hydrogens (tertiary/aromatic N) is 1. The van der Waals surface area contributed by atoms with Crippen LogP contribution in [0.5, 0.6) is 0 Å². The molecule has 0 N–H and O–H groups in total. The van der Waals surface area contributed by atoms with Crippen molar-refractivity contribution in [2.75, 3.05) is 0 Å². The van der Waals surface area contributed by atoms with Crippen LogP contribution < -0.4 is 0 Å². The predicted octanol–water partition coefficient (Wildman–Crippen LogP) is 2.72. The van der Waals surface area contributed by atoms with Crippen LogP contribution in [0.25, 0.3) is 0 Å². The van der Waals surface area contributed by atoms with Gasteiger partial charge in [0.2, 0.25) is 6.08 Å². The first kappa shape index (κ1) is 10.2. The standard InChI is InChI=1S/C10H10BrNO/c1-8(12-7-13)6-9-4-2-3-5-10(9)11/h2-5,8H,6H2,1H3/t8-/m1/s1. The minimum atomic E-state index is -0.00352. The van der Waals surface area contributed by atoms with Crippen molar-refractivity contribution >= 4 is 22.0 Å². The van der Waals surface area contributed by atoms with Crippen molar-refractivity contribution in [3.8, 4) is 0 Å². The van der Waals surface area contributed by atoms with Gasteiger partial charge in [0.15, 0.2) is 0 Å². The molecule has 0 amide bonds. The zero-order valence-corrected chi connectivity index (χ0v) is 8.91. The minimum absolute atomic E-state index is 0.00352. The van der Waals surface area contributed by atoms with Gasteiger partial charge in [-0.3, -0.25) is 0 Å². The fourth-order valence-corrected chi connectivity index (χ4v) is 1.56. The quantitative estimate of drug-likeness (QED) is 0.590. The second kappa shape index (κ2) is 4.95. The molecule has 0 aliphatic rings. The summed E-state index contributed by atoms with van der Waals surface area (Å²) in [6, 6.07) is 7.92. The van der Waals surface area contributed by atoms with Gasteiger partial charge in [-0.05, 0) is 25.0 Å². The van der Waals surface area contributed by atoms with Crippen molar-refractivity contribution in [3.05, 3.63) is 34.3 Å². The molecule has 0 bridgehead atoms. The molecule has 1 aromatic carbocycles. The van der Waals surface area contributed by atoms with Gasteiger partial charge in [0, 0.05) is 4.47 Å². The zero-order valence-electron chi connectivity index (χ0n) is 7.33. The number of hydrogen-bond donors (Lipinski definition) is 0. The molecule has 0 unspecified atom stereocenters. The van der Waals surface area contributed by atoms with E-state index in [4.69, 9.17) is 0 Å². The summed E-state index contributed by atoms with van der Waals surface area (Å²) < 4.78 is 1.06. The molecule has 0 aliphatic carbocycles. The Balaban J connectivity index is 2.74. The second-order valence-corrected chi connectivity index (χ2v) is 3.72. The van der Waals surface area contributed by atoms with Gasteiger partial charge in [-0.15, -0.1) is 0 Å². The number of halogens is 1. The molecule has 1 aromatic rings. The van der Waals surface area contributed by atoms with Crippen molar-refractivity contribution in [2.24, 2.45) is 4.99 Å². The van der Waals surface area contributed by atoms with Crippen LogP contribution in [0.1, 0.15) is 12.5 Å². The van der Waals surface area contributed by atoms with Gasteiger partial charge >= 0.3 is 0 Å². The summed E-state index contributed by atoms with van der Waals surface area (Å²) in [5.41, 5.74) is 1.16. The SMILES string of the molecule is C[C@H](Cc1ccccc1Br)N=C=O. The van der Waals surface area contributed by atoms with Crippen LogP contribution >= 0.6 is 15.9 Å². The Morgan fingerprint density at radius 2 is 2.23 bits per heavy atom. The van der Waals surface area contributed by atoms with Crippen LogP contribution in [0.3, 0.4) is 0 Å². The highest BCUT2D eigenvalue weighted by Gasteiger charge is 2.03. The molecule has 0 aliphatic heterocycles. The molecule has 3 heteroatoms. The van der Waals surface area contributed by atoms with Gasteiger partial charge in [0.25, 0.3) is 0 Å². The van der Waals surface area contributed by atoms with Crippen molar-refractivity contribution in [1.82, 2.24) is 0 Å². The second-order valence-electron chi connectivity index (χ2n) is 2.86. The van der Waals surface area contributed by atoms with E-state index in [-0.39, 0.29) is 6.04 Å². The summed E-state index contributed by atoms with van der Waals surface area (Å²) in [5, 5.41) is 0. The third-order valence-electron chi connectivity index (χ3n) is 1.75. The molecular weight excluding hydrogens is 230 g/mol. The maximum absolute atomic E-state index is 9.99. The molecule has 0 fully saturated rings. The molecule has 68 valence electrons. The topological polar surface area (TPSA) is 29.4 Å². The van der Waals surface area contributed by atoms with E-state index in [0.717, 1.165) is 16.5 Å². The highest BCUT2D eigenvalue weighted by molar-refractivity contribution is 9.10. The number of carbonyl (C=O) groups excluding carboxylic acids is 1. The molecule has 1 atom stereocenters. The highest BCUT2D eigenvalue weighted by atomic mass is 79.9. The number of benzene rings is 1. The van der Waals surface area contributed by atoms with E-state index in [1.165, 1.54) is 0 Å². The fraction of sp³-hybridized carbons (Fsp3) is 0.300. The Morgan fingerprint density at radius 3 is 2.85 bits per heavy atom. The lowest BCUT2D eigenvalue weighted by atomic mass is 10.1. The lowest BCUT2D eigenvalue weighted by Crippen LogP contribution is -2.02. The van der Waals surface area contributed by atoms with Gasteiger partial charge in [0.1, 0.15) is 0 Å². The Morgan fingerprint density at radius 1 is 1.54 bits per heavy atom. The summed E-state index contributed by atoms with van der Waals surface area (Å²) in [6.07, 6.45) is 2.33. The first-order valence-corrected chi connectivity index (χ1v) is 4.83. The predicted molar refractivity (Wildman–Crippen MR) is 55.4 cm³/mol. The van der Waals surface area contributed by atoms with Crippen LogP contribution in [0, 0.1) is 0 Å². The van der Waals surface area contributed by atoms with E-state index < -0.39 is 0 Å². The average molecular weight is 240 g/mol. The van der Waals surface area contributed by atoms with Crippen LogP contribution in [0.15, 0.2) is 33.7 Å². The Labute approximate surface area is 85.8 Å². The summed E-state index contributed by atoms with van der Waals surface area (Å²) in [5.74, 6) is 0. The lowest BCUT2D eigenvalue weighted by Gasteiger charge is -2.05. The third-order valence-corrected chi connectivity index (χ3v) is 2.52. The van der Waals surface area contributed by atoms with Crippen molar-refractivity contribution in [2.45, 2.75) is 19.4 Å². The van der Waals surface area contributed by atoms with E-state index in [0.29, 0.717) is 0 Å².